The molecule has 6 heteroatoms. The Bertz CT molecular complexity index is 956. The second kappa shape index (κ2) is 6.48. The number of fused-ring (bicyclic) bond motifs is 1. The molecule has 6 nitrogen and oxygen atoms in total. The minimum atomic E-state index is -0.321. The van der Waals surface area contributed by atoms with Crippen LogP contribution in [0, 0.1) is 23.7 Å². The maximum Gasteiger partial charge on any atom is 0.310 e. The summed E-state index contributed by atoms with van der Waals surface area (Å²) >= 11 is 0. The van der Waals surface area contributed by atoms with Crippen LogP contribution in [0.15, 0.2) is 54.6 Å². The smallest absolute Gasteiger partial charge is 0.310 e. The number of anilines is 2. The number of nitrogens with one attached hydrogen (secondary N) is 2. The summed E-state index contributed by atoms with van der Waals surface area (Å²) in [5, 5.41) is 5.77. The predicted molar refractivity (Wildman–Crippen MR) is 103 cm³/mol. The average molecular weight is 376 g/mol. The fourth-order valence-electron chi connectivity index (χ4n) is 5.06. The van der Waals surface area contributed by atoms with Crippen LogP contribution < -0.4 is 10.6 Å². The summed E-state index contributed by atoms with van der Waals surface area (Å²) in [6, 6.07) is 16.0. The lowest BCUT2D eigenvalue weighted by Crippen LogP contribution is -2.35. The van der Waals surface area contributed by atoms with Gasteiger partial charge >= 0.3 is 5.97 Å². The average Bonchev–Trinajstić information content (AvgIpc) is 3.31. The molecule has 1 saturated heterocycles. The third-order valence-electron chi connectivity index (χ3n) is 6.21. The van der Waals surface area contributed by atoms with Gasteiger partial charge < -0.3 is 15.4 Å². The van der Waals surface area contributed by atoms with E-state index in [4.69, 9.17) is 4.74 Å². The van der Waals surface area contributed by atoms with Gasteiger partial charge in [0.1, 0.15) is 6.10 Å². The number of carbonyl (C=O) groups excluding carboxylic acids is 3. The van der Waals surface area contributed by atoms with Crippen molar-refractivity contribution in [2.45, 2.75) is 18.9 Å². The number of esters is 1. The Morgan fingerprint density at radius 3 is 2.46 bits per heavy atom. The van der Waals surface area contributed by atoms with Crippen molar-refractivity contribution < 1.29 is 19.1 Å². The van der Waals surface area contributed by atoms with E-state index in [-0.39, 0.29) is 47.6 Å². The highest BCUT2D eigenvalue weighted by Crippen LogP contribution is 2.57. The van der Waals surface area contributed by atoms with E-state index in [2.05, 4.69) is 10.6 Å². The Balaban J connectivity index is 1.29. The zero-order valence-corrected chi connectivity index (χ0v) is 15.1. The quantitative estimate of drug-likeness (QED) is 0.803. The molecular weight excluding hydrogens is 356 g/mol. The minimum Gasteiger partial charge on any atom is -0.462 e. The minimum absolute atomic E-state index is 0.0167. The number of amides is 2. The van der Waals surface area contributed by atoms with Crippen LogP contribution in [-0.4, -0.2) is 23.9 Å². The maximum absolute atomic E-state index is 12.9. The Hall–Kier alpha value is -3.15. The summed E-state index contributed by atoms with van der Waals surface area (Å²) < 4.78 is 5.41. The monoisotopic (exact) mass is 376 g/mol. The van der Waals surface area contributed by atoms with Crippen molar-refractivity contribution in [2.75, 3.05) is 10.6 Å². The number of benzene rings is 2. The molecule has 2 aliphatic carbocycles. The van der Waals surface area contributed by atoms with Crippen LogP contribution in [0.3, 0.4) is 0 Å². The Labute approximate surface area is 162 Å². The summed E-state index contributed by atoms with van der Waals surface area (Å²) in [5.41, 5.74) is 1.76. The first-order chi connectivity index (χ1) is 13.6. The number of ether oxygens (including phenoxy) is 1. The molecule has 0 aromatic heterocycles. The van der Waals surface area contributed by atoms with Crippen molar-refractivity contribution in [3.05, 3.63) is 60.2 Å². The summed E-state index contributed by atoms with van der Waals surface area (Å²) in [6.07, 6.45) is 1.70. The molecule has 5 atom stereocenters. The lowest BCUT2D eigenvalue weighted by Gasteiger charge is -2.23. The van der Waals surface area contributed by atoms with Crippen molar-refractivity contribution >= 4 is 29.2 Å². The fourth-order valence-corrected chi connectivity index (χ4v) is 5.06. The summed E-state index contributed by atoms with van der Waals surface area (Å²) in [7, 11) is 0. The topological polar surface area (TPSA) is 84.5 Å². The van der Waals surface area contributed by atoms with Crippen LogP contribution in [0.4, 0.5) is 11.4 Å². The summed E-state index contributed by atoms with van der Waals surface area (Å²) in [4.78, 5) is 37.3. The van der Waals surface area contributed by atoms with E-state index >= 15 is 0 Å². The molecule has 0 radical (unpaired) electrons. The molecule has 0 unspecified atom stereocenters. The Kier molecular flexibility index (Phi) is 3.93. The normalized spacial score (nSPS) is 29.4. The van der Waals surface area contributed by atoms with Crippen LogP contribution in [0.5, 0.6) is 0 Å². The van der Waals surface area contributed by atoms with Crippen molar-refractivity contribution in [2.24, 2.45) is 23.7 Å². The van der Waals surface area contributed by atoms with Crippen LogP contribution in [0.2, 0.25) is 0 Å². The van der Waals surface area contributed by atoms with Gasteiger partial charge in [-0.05, 0) is 49.1 Å². The number of hydrogen-bond acceptors (Lipinski definition) is 4. The predicted octanol–water partition coefficient (Wildman–Crippen LogP) is 3.08. The Morgan fingerprint density at radius 1 is 0.929 bits per heavy atom. The van der Waals surface area contributed by atoms with E-state index in [0.29, 0.717) is 16.9 Å². The molecule has 3 aliphatic rings. The zero-order valence-electron chi connectivity index (χ0n) is 15.1. The van der Waals surface area contributed by atoms with Gasteiger partial charge in [0.25, 0.3) is 5.91 Å². The van der Waals surface area contributed by atoms with Crippen molar-refractivity contribution in [1.29, 1.82) is 0 Å². The highest BCUT2D eigenvalue weighted by Gasteiger charge is 2.63. The second-order valence-electron chi connectivity index (χ2n) is 7.81. The van der Waals surface area contributed by atoms with E-state index in [9.17, 15) is 14.4 Å². The molecule has 2 aromatic carbocycles. The fraction of sp³-hybridized carbons (Fsp3) is 0.318. The molecule has 2 saturated carbocycles. The molecule has 28 heavy (non-hydrogen) atoms. The standard InChI is InChI=1S/C22H20N2O4/c25-20(12-5-2-1-3-6-12)23-14-7-4-8-15(11-14)24-21(26)18-13-9-16-17(10-13)28-22(27)19(16)18/h1-8,11,13,16-19H,9-10H2,(H,23,25)(H,24,26)/t13-,16-,17-,18+,19+/m1/s1. The highest BCUT2D eigenvalue weighted by molar-refractivity contribution is 6.04. The molecule has 0 spiro atoms. The van der Waals surface area contributed by atoms with Gasteiger partial charge in [-0.3, -0.25) is 14.4 Å². The molecule has 3 fully saturated rings. The van der Waals surface area contributed by atoms with Gasteiger partial charge in [-0.25, -0.2) is 0 Å². The van der Waals surface area contributed by atoms with E-state index in [1.54, 1.807) is 48.5 Å². The van der Waals surface area contributed by atoms with E-state index in [0.717, 1.165) is 12.8 Å². The van der Waals surface area contributed by atoms with Gasteiger partial charge in [0.05, 0.1) is 11.8 Å². The van der Waals surface area contributed by atoms with E-state index in [1.165, 1.54) is 0 Å². The first-order valence-corrected chi connectivity index (χ1v) is 9.58. The molecule has 2 N–H and O–H groups in total. The van der Waals surface area contributed by atoms with Gasteiger partial charge in [-0.2, -0.15) is 0 Å². The van der Waals surface area contributed by atoms with Crippen LogP contribution in [0.1, 0.15) is 23.2 Å². The van der Waals surface area contributed by atoms with Gasteiger partial charge in [-0.15, -0.1) is 0 Å². The maximum atomic E-state index is 12.9. The SMILES string of the molecule is O=C(Nc1cccc(NC(=O)[C@H]2[C@@H]3C[C@H]4[C@@H]2C(=O)O[C@@H]4C3)c1)c1ccccc1. The van der Waals surface area contributed by atoms with Crippen LogP contribution in [0.25, 0.3) is 0 Å². The largest absolute Gasteiger partial charge is 0.462 e. The molecule has 2 amide bonds. The van der Waals surface area contributed by atoms with Crippen molar-refractivity contribution in [3.63, 3.8) is 0 Å². The van der Waals surface area contributed by atoms with Gasteiger partial charge in [-0.1, -0.05) is 24.3 Å². The van der Waals surface area contributed by atoms with Gasteiger partial charge in [0.15, 0.2) is 0 Å². The Morgan fingerprint density at radius 2 is 1.68 bits per heavy atom. The lowest BCUT2D eigenvalue weighted by molar-refractivity contribution is -0.145. The van der Waals surface area contributed by atoms with E-state index < -0.39 is 0 Å². The highest BCUT2D eigenvalue weighted by atomic mass is 16.6. The number of carbonyl (C=O) groups is 3. The molecule has 5 rings (SSSR count). The second-order valence-corrected chi connectivity index (χ2v) is 7.81. The van der Waals surface area contributed by atoms with E-state index in [1.807, 2.05) is 6.07 Å². The van der Waals surface area contributed by atoms with Gasteiger partial charge in [0.2, 0.25) is 5.91 Å². The number of hydrogen-bond donors (Lipinski definition) is 2. The lowest BCUT2D eigenvalue weighted by atomic mass is 9.79. The van der Waals surface area contributed by atoms with Crippen molar-refractivity contribution in [3.8, 4) is 0 Å². The van der Waals surface area contributed by atoms with Crippen molar-refractivity contribution in [1.82, 2.24) is 0 Å². The molecule has 1 aliphatic heterocycles. The summed E-state index contributed by atoms with van der Waals surface area (Å²) in [6.45, 7) is 0. The third-order valence-corrected chi connectivity index (χ3v) is 6.21. The first-order valence-electron chi connectivity index (χ1n) is 9.58. The molecule has 1 heterocycles. The first kappa shape index (κ1) is 17.0. The molecule has 142 valence electrons. The summed E-state index contributed by atoms with van der Waals surface area (Å²) in [5.74, 6) is -0.780. The molecule has 2 bridgehead atoms. The molecule has 2 aromatic rings. The number of rotatable bonds is 4. The molecular formula is C22H20N2O4. The van der Waals surface area contributed by atoms with Gasteiger partial charge in [0, 0.05) is 22.9 Å². The van der Waals surface area contributed by atoms with Crippen LogP contribution in [-0.2, 0) is 14.3 Å². The van der Waals surface area contributed by atoms with Crippen LogP contribution >= 0.6 is 0 Å². The third kappa shape index (κ3) is 2.76. The zero-order chi connectivity index (χ0) is 19.3.